The second-order valence-electron chi connectivity index (χ2n) is 5.10. The van der Waals surface area contributed by atoms with Crippen LogP contribution in [0.15, 0.2) is 9.59 Å². The van der Waals surface area contributed by atoms with E-state index in [4.69, 9.17) is 0 Å². The fourth-order valence-corrected chi connectivity index (χ4v) is 2.18. The molecule has 2 aromatic heterocycles. The summed E-state index contributed by atoms with van der Waals surface area (Å²) in [4.78, 5) is 32.5. The molecule has 2 N–H and O–H groups in total. The van der Waals surface area contributed by atoms with Gasteiger partial charge in [-0.25, -0.2) is 0 Å². The molecular formula is C12H16N8O2. The minimum Gasteiger partial charge on any atom is -0.337 e. The van der Waals surface area contributed by atoms with Crippen LogP contribution in [0.3, 0.4) is 0 Å². The highest BCUT2D eigenvalue weighted by Crippen LogP contribution is 2.11. The zero-order valence-corrected chi connectivity index (χ0v) is 12.3. The summed E-state index contributed by atoms with van der Waals surface area (Å²) in [7, 11) is 0. The van der Waals surface area contributed by atoms with E-state index in [1.54, 1.807) is 13.8 Å². The summed E-state index contributed by atoms with van der Waals surface area (Å²) in [5.74, 6) is 0.914. The molecule has 10 heteroatoms. The van der Waals surface area contributed by atoms with Gasteiger partial charge in [0.2, 0.25) is 11.9 Å². The van der Waals surface area contributed by atoms with Gasteiger partial charge in [0.05, 0.1) is 0 Å². The molecule has 0 spiro atoms. The molecule has 0 aromatic carbocycles. The summed E-state index contributed by atoms with van der Waals surface area (Å²) in [6, 6.07) is 0. The van der Waals surface area contributed by atoms with Gasteiger partial charge in [-0.1, -0.05) is 0 Å². The fourth-order valence-electron chi connectivity index (χ4n) is 2.18. The van der Waals surface area contributed by atoms with Gasteiger partial charge in [-0.05, 0) is 13.8 Å². The first-order valence-electron chi connectivity index (χ1n) is 6.91. The van der Waals surface area contributed by atoms with Crippen molar-refractivity contribution in [2.45, 2.75) is 13.8 Å². The zero-order valence-electron chi connectivity index (χ0n) is 12.3. The minimum atomic E-state index is -0.235. The van der Waals surface area contributed by atoms with Crippen molar-refractivity contribution in [3.63, 3.8) is 0 Å². The molecule has 0 radical (unpaired) electrons. The number of H-pyrrole nitrogens is 2. The average Bonchev–Trinajstić information content (AvgIpc) is 2.53. The van der Waals surface area contributed by atoms with Crippen LogP contribution in [0.25, 0.3) is 0 Å². The average molecular weight is 304 g/mol. The number of anilines is 2. The number of aromatic amines is 2. The van der Waals surface area contributed by atoms with Gasteiger partial charge in [0.15, 0.2) is 0 Å². The Hall–Kier alpha value is -2.78. The SMILES string of the molecule is Cc1nnc(N2CCN(c3nnc(C)c(=O)[nH]3)CC2)[nH]c1=O. The number of aryl methyl sites for hydroxylation is 2. The fraction of sp³-hybridized carbons (Fsp3) is 0.500. The molecular weight excluding hydrogens is 288 g/mol. The molecule has 0 aliphatic carbocycles. The maximum atomic E-state index is 11.6. The Kier molecular flexibility index (Phi) is 3.57. The Labute approximate surface area is 125 Å². The van der Waals surface area contributed by atoms with Crippen molar-refractivity contribution in [3.8, 4) is 0 Å². The van der Waals surface area contributed by atoms with Crippen molar-refractivity contribution in [1.29, 1.82) is 0 Å². The second-order valence-corrected chi connectivity index (χ2v) is 5.10. The Morgan fingerprint density at radius 2 is 1.09 bits per heavy atom. The molecule has 0 atom stereocenters. The highest BCUT2D eigenvalue weighted by molar-refractivity contribution is 5.36. The standard InChI is InChI=1S/C12H16N8O2/c1-7-9(21)13-11(17-15-7)19-3-5-20(6-4-19)12-14-10(22)8(2)16-18-12/h3-6H2,1-2H3,(H,13,17,21)(H,14,18,22). The van der Waals surface area contributed by atoms with Crippen molar-refractivity contribution >= 4 is 11.9 Å². The Morgan fingerprint density at radius 3 is 1.41 bits per heavy atom. The van der Waals surface area contributed by atoms with Gasteiger partial charge in [0.25, 0.3) is 11.1 Å². The highest BCUT2D eigenvalue weighted by Gasteiger charge is 2.21. The third-order valence-corrected chi connectivity index (χ3v) is 3.58. The van der Waals surface area contributed by atoms with Gasteiger partial charge in [0, 0.05) is 26.2 Å². The van der Waals surface area contributed by atoms with Crippen LogP contribution in [0.1, 0.15) is 11.4 Å². The number of rotatable bonds is 2. The maximum Gasteiger partial charge on any atom is 0.273 e. The smallest absolute Gasteiger partial charge is 0.273 e. The van der Waals surface area contributed by atoms with Crippen LogP contribution in [0, 0.1) is 13.8 Å². The third kappa shape index (κ3) is 2.67. The van der Waals surface area contributed by atoms with Crippen molar-refractivity contribution in [2.75, 3.05) is 36.0 Å². The molecule has 2 aromatic rings. The van der Waals surface area contributed by atoms with Gasteiger partial charge >= 0.3 is 0 Å². The predicted octanol–water partition coefficient (Wildman–Crippen LogP) is -1.41. The highest BCUT2D eigenvalue weighted by atomic mass is 16.1. The van der Waals surface area contributed by atoms with E-state index < -0.39 is 0 Å². The lowest BCUT2D eigenvalue weighted by Crippen LogP contribution is -2.48. The van der Waals surface area contributed by atoms with Crippen LogP contribution in [0.2, 0.25) is 0 Å². The van der Waals surface area contributed by atoms with E-state index in [1.807, 2.05) is 9.80 Å². The van der Waals surface area contributed by atoms with Gasteiger partial charge in [-0.2, -0.15) is 0 Å². The summed E-state index contributed by atoms with van der Waals surface area (Å²) in [5.41, 5.74) is 0.215. The molecule has 22 heavy (non-hydrogen) atoms. The van der Waals surface area contributed by atoms with E-state index in [9.17, 15) is 9.59 Å². The largest absolute Gasteiger partial charge is 0.337 e. The van der Waals surface area contributed by atoms with Gasteiger partial charge in [-0.3, -0.25) is 19.6 Å². The summed E-state index contributed by atoms with van der Waals surface area (Å²) >= 11 is 0. The van der Waals surface area contributed by atoms with Crippen LogP contribution in [0.5, 0.6) is 0 Å². The molecule has 0 amide bonds. The lowest BCUT2D eigenvalue weighted by molar-refractivity contribution is 0.614. The van der Waals surface area contributed by atoms with E-state index in [-0.39, 0.29) is 11.1 Å². The normalized spacial score (nSPS) is 15.2. The summed E-state index contributed by atoms with van der Waals surface area (Å²) in [6.45, 7) is 5.74. The Bertz CT molecular complexity index is 723. The topological polar surface area (TPSA) is 124 Å². The number of aromatic nitrogens is 6. The monoisotopic (exact) mass is 304 g/mol. The first kappa shape index (κ1) is 14.2. The lowest BCUT2D eigenvalue weighted by atomic mass is 10.3. The van der Waals surface area contributed by atoms with E-state index in [2.05, 4.69) is 30.4 Å². The van der Waals surface area contributed by atoms with E-state index in [0.29, 0.717) is 49.5 Å². The van der Waals surface area contributed by atoms with E-state index in [0.717, 1.165) is 0 Å². The molecule has 1 aliphatic heterocycles. The zero-order chi connectivity index (χ0) is 15.7. The van der Waals surface area contributed by atoms with Crippen LogP contribution < -0.4 is 20.9 Å². The first-order chi connectivity index (χ1) is 10.5. The summed E-state index contributed by atoms with van der Waals surface area (Å²) in [6.07, 6.45) is 0. The van der Waals surface area contributed by atoms with Gasteiger partial charge in [-0.15, -0.1) is 20.4 Å². The van der Waals surface area contributed by atoms with Crippen molar-refractivity contribution in [2.24, 2.45) is 0 Å². The molecule has 10 nitrogen and oxygen atoms in total. The Morgan fingerprint density at radius 1 is 0.727 bits per heavy atom. The van der Waals surface area contributed by atoms with Crippen LogP contribution in [0.4, 0.5) is 11.9 Å². The summed E-state index contributed by atoms with van der Waals surface area (Å²) in [5, 5.41) is 15.7. The van der Waals surface area contributed by atoms with Crippen LogP contribution in [-0.2, 0) is 0 Å². The second kappa shape index (κ2) is 5.54. The number of nitrogens with one attached hydrogen (secondary N) is 2. The molecule has 3 heterocycles. The van der Waals surface area contributed by atoms with Gasteiger partial charge < -0.3 is 9.80 Å². The van der Waals surface area contributed by atoms with Crippen molar-refractivity contribution < 1.29 is 0 Å². The molecule has 116 valence electrons. The Balaban J connectivity index is 1.71. The maximum absolute atomic E-state index is 11.6. The summed E-state index contributed by atoms with van der Waals surface area (Å²) < 4.78 is 0. The molecule has 1 saturated heterocycles. The number of hydrogen-bond acceptors (Lipinski definition) is 8. The molecule has 0 bridgehead atoms. The molecule has 0 unspecified atom stereocenters. The third-order valence-electron chi connectivity index (χ3n) is 3.58. The molecule has 3 rings (SSSR count). The molecule has 1 aliphatic rings. The van der Waals surface area contributed by atoms with E-state index in [1.165, 1.54) is 0 Å². The van der Waals surface area contributed by atoms with Crippen molar-refractivity contribution in [3.05, 3.63) is 32.1 Å². The van der Waals surface area contributed by atoms with Crippen LogP contribution >= 0.6 is 0 Å². The number of piperazine rings is 1. The molecule has 1 fully saturated rings. The lowest BCUT2D eigenvalue weighted by Gasteiger charge is -2.34. The number of hydrogen-bond donors (Lipinski definition) is 2. The van der Waals surface area contributed by atoms with E-state index >= 15 is 0 Å². The van der Waals surface area contributed by atoms with Gasteiger partial charge in [0.1, 0.15) is 11.4 Å². The first-order valence-corrected chi connectivity index (χ1v) is 6.91. The van der Waals surface area contributed by atoms with Crippen molar-refractivity contribution in [1.82, 2.24) is 30.4 Å². The van der Waals surface area contributed by atoms with Crippen LogP contribution in [-0.4, -0.2) is 56.5 Å². The predicted molar refractivity (Wildman–Crippen MR) is 79.2 cm³/mol. The molecule has 0 saturated carbocycles. The quantitative estimate of drug-likeness (QED) is 0.693. The number of nitrogens with zero attached hydrogens (tertiary/aromatic N) is 6. The minimum absolute atomic E-state index is 0.235.